The Morgan fingerprint density at radius 1 is 1.26 bits per heavy atom. The van der Waals surface area contributed by atoms with Crippen molar-refractivity contribution in [2.45, 2.75) is 19.4 Å². The van der Waals surface area contributed by atoms with Gasteiger partial charge in [-0.3, -0.25) is 14.3 Å². The van der Waals surface area contributed by atoms with Crippen molar-refractivity contribution in [2.24, 2.45) is 0 Å². The molecule has 0 amide bonds. The number of hydrogen-bond donors (Lipinski definition) is 1. The SMILES string of the molecule is COCCn1c(=O)[nH]c2sc3c(c2c1=O)-c1ccccc1CC3. The van der Waals surface area contributed by atoms with Gasteiger partial charge in [0.1, 0.15) is 4.83 Å². The molecule has 1 aliphatic rings. The third kappa shape index (κ3) is 2.17. The van der Waals surface area contributed by atoms with Gasteiger partial charge in [0, 0.05) is 17.6 Å². The normalized spacial score (nSPS) is 13.1. The van der Waals surface area contributed by atoms with Crippen LogP contribution in [0.4, 0.5) is 0 Å². The zero-order valence-electron chi connectivity index (χ0n) is 12.7. The van der Waals surface area contributed by atoms with Gasteiger partial charge >= 0.3 is 5.69 Å². The Balaban J connectivity index is 2.05. The number of hydrogen-bond acceptors (Lipinski definition) is 4. The average molecular weight is 328 g/mol. The van der Waals surface area contributed by atoms with Gasteiger partial charge in [-0.15, -0.1) is 11.3 Å². The number of nitrogens with zero attached hydrogens (tertiary/aromatic N) is 1. The van der Waals surface area contributed by atoms with E-state index in [0.717, 1.165) is 24.0 Å². The molecule has 5 nitrogen and oxygen atoms in total. The van der Waals surface area contributed by atoms with E-state index < -0.39 is 0 Å². The van der Waals surface area contributed by atoms with E-state index in [4.69, 9.17) is 4.74 Å². The van der Waals surface area contributed by atoms with Crippen LogP contribution in [0, 0.1) is 0 Å². The van der Waals surface area contributed by atoms with Crippen LogP contribution in [0.1, 0.15) is 10.4 Å². The quantitative estimate of drug-likeness (QED) is 0.801. The van der Waals surface area contributed by atoms with E-state index in [9.17, 15) is 9.59 Å². The topological polar surface area (TPSA) is 64.1 Å². The molecule has 6 heteroatoms. The molecule has 1 aromatic carbocycles. The molecule has 0 bridgehead atoms. The molecule has 0 saturated heterocycles. The van der Waals surface area contributed by atoms with Gasteiger partial charge in [0.15, 0.2) is 0 Å². The Morgan fingerprint density at radius 3 is 2.91 bits per heavy atom. The van der Waals surface area contributed by atoms with Gasteiger partial charge in [0.05, 0.1) is 18.5 Å². The van der Waals surface area contributed by atoms with Gasteiger partial charge in [0.25, 0.3) is 5.56 Å². The van der Waals surface area contributed by atoms with Crippen LogP contribution in [0.5, 0.6) is 0 Å². The molecule has 2 aromatic heterocycles. The molecule has 0 aliphatic heterocycles. The van der Waals surface area contributed by atoms with Crippen molar-refractivity contribution in [3.63, 3.8) is 0 Å². The second kappa shape index (κ2) is 5.47. The number of H-pyrrole nitrogens is 1. The lowest BCUT2D eigenvalue weighted by Crippen LogP contribution is -2.36. The maximum absolute atomic E-state index is 12.9. The smallest absolute Gasteiger partial charge is 0.329 e. The number of aryl methyl sites for hydroxylation is 2. The van der Waals surface area contributed by atoms with Gasteiger partial charge in [-0.2, -0.15) is 0 Å². The van der Waals surface area contributed by atoms with E-state index in [1.807, 2.05) is 12.1 Å². The number of nitrogens with one attached hydrogen (secondary N) is 1. The van der Waals surface area contributed by atoms with Crippen LogP contribution in [0.25, 0.3) is 21.3 Å². The number of ether oxygens (including phenoxy) is 1. The number of rotatable bonds is 3. The number of methoxy groups -OCH3 is 1. The molecule has 1 aliphatic carbocycles. The Bertz CT molecular complexity index is 1010. The fourth-order valence-electron chi connectivity index (χ4n) is 3.24. The van der Waals surface area contributed by atoms with Crippen molar-refractivity contribution >= 4 is 21.6 Å². The first-order valence-corrected chi connectivity index (χ1v) is 8.38. The van der Waals surface area contributed by atoms with Crippen molar-refractivity contribution in [1.82, 2.24) is 9.55 Å². The molecule has 0 unspecified atom stereocenters. The average Bonchev–Trinajstić information content (AvgIpc) is 2.93. The van der Waals surface area contributed by atoms with Crippen LogP contribution < -0.4 is 11.2 Å². The van der Waals surface area contributed by atoms with E-state index in [2.05, 4.69) is 17.1 Å². The van der Waals surface area contributed by atoms with Gasteiger partial charge in [-0.1, -0.05) is 24.3 Å². The highest BCUT2D eigenvalue weighted by molar-refractivity contribution is 7.19. The van der Waals surface area contributed by atoms with Crippen LogP contribution in [0.3, 0.4) is 0 Å². The van der Waals surface area contributed by atoms with Crippen molar-refractivity contribution < 1.29 is 4.74 Å². The van der Waals surface area contributed by atoms with E-state index >= 15 is 0 Å². The van der Waals surface area contributed by atoms with Crippen molar-refractivity contribution in [2.75, 3.05) is 13.7 Å². The maximum atomic E-state index is 12.9. The highest BCUT2D eigenvalue weighted by atomic mass is 32.1. The second-order valence-corrected chi connectivity index (χ2v) is 6.75. The summed E-state index contributed by atoms with van der Waals surface area (Å²) >= 11 is 1.52. The van der Waals surface area contributed by atoms with Gasteiger partial charge in [-0.05, 0) is 24.0 Å². The number of thiophene rings is 1. The van der Waals surface area contributed by atoms with Gasteiger partial charge in [-0.25, -0.2) is 4.79 Å². The molecule has 0 radical (unpaired) electrons. The molecule has 2 heterocycles. The largest absolute Gasteiger partial charge is 0.383 e. The van der Waals surface area contributed by atoms with Gasteiger partial charge < -0.3 is 4.74 Å². The first kappa shape index (κ1) is 14.4. The maximum Gasteiger partial charge on any atom is 0.329 e. The highest BCUT2D eigenvalue weighted by Gasteiger charge is 2.24. The number of benzene rings is 1. The summed E-state index contributed by atoms with van der Waals surface area (Å²) in [5.41, 5.74) is 2.77. The van der Waals surface area contributed by atoms with Crippen molar-refractivity contribution in [3.05, 3.63) is 55.5 Å². The minimum Gasteiger partial charge on any atom is -0.383 e. The Kier molecular flexibility index (Phi) is 3.43. The molecular weight excluding hydrogens is 312 g/mol. The molecule has 3 aromatic rings. The first-order valence-electron chi connectivity index (χ1n) is 7.56. The summed E-state index contributed by atoms with van der Waals surface area (Å²) in [6.45, 7) is 0.588. The summed E-state index contributed by atoms with van der Waals surface area (Å²) in [5.74, 6) is 0. The summed E-state index contributed by atoms with van der Waals surface area (Å²) in [6, 6.07) is 8.18. The molecular formula is C17H16N2O3S. The third-order valence-corrected chi connectivity index (χ3v) is 5.50. The number of aromatic amines is 1. The van der Waals surface area contributed by atoms with E-state index in [1.54, 1.807) is 7.11 Å². The molecule has 0 spiro atoms. The minimum atomic E-state index is -0.369. The summed E-state index contributed by atoms with van der Waals surface area (Å²) in [5, 5.41) is 0.632. The lowest BCUT2D eigenvalue weighted by atomic mass is 9.89. The van der Waals surface area contributed by atoms with Gasteiger partial charge in [0.2, 0.25) is 0 Å². The Morgan fingerprint density at radius 2 is 2.09 bits per heavy atom. The summed E-state index contributed by atoms with van der Waals surface area (Å²) in [7, 11) is 1.56. The second-order valence-electron chi connectivity index (χ2n) is 5.64. The summed E-state index contributed by atoms with van der Waals surface area (Å²) in [4.78, 5) is 29.8. The molecule has 118 valence electrons. The summed E-state index contributed by atoms with van der Waals surface area (Å²) < 4.78 is 6.24. The molecule has 0 fully saturated rings. The fraction of sp³-hybridized carbons (Fsp3) is 0.294. The lowest BCUT2D eigenvalue weighted by molar-refractivity contribution is 0.185. The Hall–Kier alpha value is -2.18. The van der Waals surface area contributed by atoms with E-state index in [0.29, 0.717) is 16.8 Å². The molecule has 23 heavy (non-hydrogen) atoms. The monoisotopic (exact) mass is 328 g/mol. The van der Waals surface area contributed by atoms with E-state index in [1.165, 1.54) is 26.3 Å². The zero-order valence-corrected chi connectivity index (χ0v) is 13.5. The standard InChI is InChI=1S/C17H16N2O3S/c1-22-9-8-19-16(20)14-13-11-5-3-2-4-10(11)6-7-12(13)23-15(14)18-17(19)21/h2-5H,6-9H2,1H3,(H,18,21). The molecule has 4 rings (SSSR count). The van der Waals surface area contributed by atoms with Crippen LogP contribution in [0.2, 0.25) is 0 Å². The molecule has 1 N–H and O–H groups in total. The van der Waals surface area contributed by atoms with Crippen LogP contribution >= 0.6 is 11.3 Å². The summed E-state index contributed by atoms with van der Waals surface area (Å²) in [6.07, 6.45) is 1.88. The molecule has 0 saturated carbocycles. The first-order chi connectivity index (χ1) is 11.2. The highest BCUT2D eigenvalue weighted by Crippen LogP contribution is 2.41. The zero-order chi connectivity index (χ0) is 16.0. The fourth-order valence-corrected chi connectivity index (χ4v) is 4.43. The predicted molar refractivity (Wildman–Crippen MR) is 91.4 cm³/mol. The Labute approximate surface area is 136 Å². The minimum absolute atomic E-state index is 0.227. The van der Waals surface area contributed by atoms with Crippen LogP contribution in [-0.2, 0) is 24.1 Å². The van der Waals surface area contributed by atoms with Crippen molar-refractivity contribution in [3.8, 4) is 11.1 Å². The lowest BCUT2D eigenvalue weighted by Gasteiger charge is -2.16. The third-order valence-electron chi connectivity index (χ3n) is 4.33. The number of aromatic nitrogens is 2. The van der Waals surface area contributed by atoms with Crippen molar-refractivity contribution in [1.29, 1.82) is 0 Å². The van der Waals surface area contributed by atoms with Crippen LogP contribution in [0.15, 0.2) is 33.9 Å². The van der Waals surface area contributed by atoms with E-state index in [-0.39, 0.29) is 17.8 Å². The van der Waals surface area contributed by atoms with Crippen LogP contribution in [-0.4, -0.2) is 23.3 Å². The molecule has 0 atom stereocenters. The predicted octanol–water partition coefficient (Wildman–Crippen LogP) is 2.16. The number of fused-ring (bicyclic) bond motifs is 5.